The molecule has 6 heteroatoms. The molecule has 4 nitrogen and oxygen atoms in total. The van der Waals surface area contributed by atoms with E-state index in [-0.39, 0.29) is 5.91 Å². The first kappa shape index (κ1) is 10.6. The maximum Gasteiger partial charge on any atom is 0.245 e. The Balaban J connectivity index is 2.13. The van der Waals surface area contributed by atoms with Crippen LogP contribution >= 0.6 is 23.6 Å². The highest BCUT2D eigenvalue weighted by Crippen LogP contribution is 2.40. The van der Waals surface area contributed by atoms with Crippen LogP contribution in [-0.2, 0) is 24.2 Å². The summed E-state index contributed by atoms with van der Waals surface area (Å²) in [5, 5.41) is 4.07. The number of carbonyl (C=O) groups is 1. The SMILES string of the molecule is O=C1Cn2c(c3c4c(sc3nc2=S)CCCC4)N1. The van der Waals surface area contributed by atoms with Crippen LogP contribution in [0.2, 0.25) is 0 Å². The first-order valence-electron chi connectivity index (χ1n) is 6.09. The van der Waals surface area contributed by atoms with E-state index in [1.807, 2.05) is 4.57 Å². The summed E-state index contributed by atoms with van der Waals surface area (Å²) >= 11 is 7.00. The van der Waals surface area contributed by atoms with Gasteiger partial charge in [-0.15, -0.1) is 11.3 Å². The predicted octanol–water partition coefficient (Wildman–Crippen LogP) is 2.66. The number of hydrogen-bond acceptors (Lipinski definition) is 4. The number of amides is 1. The molecule has 1 aliphatic heterocycles. The highest BCUT2D eigenvalue weighted by atomic mass is 32.1. The monoisotopic (exact) mass is 277 g/mol. The standard InChI is InChI=1S/C12H11N3OS2/c16-8-5-15-10(13-8)9-6-3-1-2-4-7(6)18-11(9)14-12(15)17/h1-5H2,(H,13,16). The van der Waals surface area contributed by atoms with Crippen LogP contribution in [0.5, 0.6) is 0 Å². The third-order valence-electron chi connectivity index (χ3n) is 3.65. The van der Waals surface area contributed by atoms with Crippen LogP contribution in [0.3, 0.4) is 0 Å². The van der Waals surface area contributed by atoms with E-state index in [1.54, 1.807) is 11.3 Å². The van der Waals surface area contributed by atoms with Gasteiger partial charge in [-0.1, -0.05) is 0 Å². The van der Waals surface area contributed by atoms with Gasteiger partial charge in [0.25, 0.3) is 0 Å². The first-order chi connectivity index (χ1) is 8.74. The molecule has 18 heavy (non-hydrogen) atoms. The lowest BCUT2D eigenvalue weighted by molar-refractivity contribution is -0.115. The fourth-order valence-electron chi connectivity index (χ4n) is 2.84. The maximum atomic E-state index is 11.6. The Bertz CT molecular complexity index is 744. The molecule has 1 amide bonds. The van der Waals surface area contributed by atoms with Crippen molar-refractivity contribution in [2.75, 3.05) is 5.32 Å². The molecule has 0 unspecified atom stereocenters. The Kier molecular flexibility index (Phi) is 2.14. The molecule has 0 saturated heterocycles. The van der Waals surface area contributed by atoms with E-state index in [2.05, 4.69) is 10.3 Å². The zero-order chi connectivity index (χ0) is 12.3. The van der Waals surface area contributed by atoms with Crippen molar-refractivity contribution >= 4 is 45.5 Å². The minimum absolute atomic E-state index is 0.00570. The number of fused-ring (bicyclic) bond motifs is 5. The lowest BCUT2D eigenvalue weighted by Crippen LogP contribution is -2.05. The van der Waals surface area contributed by atoms with Gasteiger partial charge in [-0.3, -0.25) is 9.36 Å². The second kappa shape index (κ2) is 3.61. The molecule has 0 fully saturated rings. The summed E-state index contributed by atoms with van der Waals surface area (Å²) in [4.78, 5) is 18.5. The van der Waals surface area contributed by atoms with Crippen LogP contribution in [0.1, 0.15) is 23.3 Å². The summed E-state index contributed by atoms with van der Waals surface area (Å²) in [7, 11) is 0. The zero-order valence-corrected chi connectivity index (χ0v) is 11.3. The van der Waals surface area contributed by atoms with Crippen molar-refractivity contribution in [3.8, 4) is 0 Å². The summed E-state index contributed by atoms with van der Waals surface area (Å²) in [5.41, 5.74) is 1.38. The average molecular weight is 277 g/mol. The van der Waals surface area contributed by atoms with Crippen LogP contribution in [0, 0.1) is 4.77 Å². The number of aromatic nitrogens is 2. The first-order valence-corrected chi connectivity index (χ1v) is 7.31. The van der Waals surface area contributed by atoms with Crippen molar-refractivity contribution in [2.45, 2.75) is 32.2 Å². The van der Waals surface area contributed by atoms with E-state index in [4.69, 9.17) is 12.2 Å². The van der Waals surface area contributed by atoms with Gasteiger partial charge < -0.3 is 5.32 Å². The van der Waals surface area contributed by atoms with Crippen LogP contribution in [-0.4, -0.2) is 15.5 Å². The van der Waals surface area contributed by atoms with Crippen LogP contribution in [0.15, 0.2) is 0 Å². The lowest BCUT2D eigenvalue weighted by atomic mass is 9.97. The average Bonchev–Trinajstić information content (AvgIpc) is 2.88. The largest absolute Gasteiger partial charge is 0.310 e. The molecule has 0 atom stereocenters. The van der Waals surface area contributed by atoms with Gasteiger partial charge in [0.1, 0.15) is 17.2 Å². The second-order valence-electron chi connectivity index (χ2n) is 4.77. The summed E-state index contributed by atoms with van der Waals surface area (Å²) in [6.45, 7) is 0.307. The number of hydrogen-bond donors (Lipinski definition) is 1. The second-order valence-corrected chi connectivity index (χ2v) is 6.22. The number of anilines is 1. The van der Waals surface area contributed by atoms with Crippen LogP contribution in [0.25, 0.3) is 10.2 Å². The molecular weight excluding hydrogens is 266 g/mol. The fourth-order valence-corrected chi connectivity index (χ4v) is 4.41. The van der Waals surface area contributed by atoms with Gasteiger partial charge in [0.15, 0.2) is 0 Å². The van der Waals surface area contributed by atoms with Crippen LogP contribution < -0.4 is 5.32 Å². The highest BCUT2D eigenvalue weighted by molar-refractivity contribution is 7.71. The van der Waals surface area contributed by atoms with Gasteiger partial charge in [0.05, 0.1) is 5.39 Å². The van der Waals surface area contributed by atoms with E-state index < -0.39 is 0 Å². The molecule has 2 aliphatic rings. The molecule has 0 saturated carbocycles. The molecule has 1 N–H and O–H groups in total. The Morgan fingerprint density at radius 3 is 3.06 bits per heavy atom. The molecule has 0 bridgehead atoms. The number of nitrogens with zero attached hydrogens (tertiary/aromatic N) is 2. The Labute approximate surface area is 113 Å². The van der Waals surface area contributed by atoms with E-state index in [0.29, 0.717) is 11.3 Å². The van der Waals surface area contributed by atoms with Crippen molar-refractivity contribution in [3.05, 3.63) is 15.2 Å². The molecule has 92 valence electrons. The number of thiophene rings is 1. The molecule has 2 aromatic rings. The molecule has 4 rings (SSSR count). The van der Waals surface area contributed by atoms with Gasteiger partial charge >= 0.3 is 0 Å². The molecule has 0 aromatic carbocycles. The summed E-state index contributed by atoms with van der Waals surface area (Å²) in [5.74, 6) is 0.876. The molecule has 3 heterocycles. The Morgan fingerprint density at radius 1 is 1.33 bits per heavy atom. The van der Waals surface area contributed by atoms with Crippen LogP contribution in [0.4, 0.5) is 5.82 Å². The summed E-state index contributed by atoms with van der Waals surface area (Å²) in [6, 6.07) is 0. The third-order valence-corrected chi connectivity index (χ3v) is 5.14. The van der Waals surface area contributed by atoms with Crippen molar-refractivity contribution in [1.82, 2.24) is 9.55 Å². The van der Waals surface area contributed by atoms with Gasteiger partial charge in [-0.25, -0.2) is 4.98 Å². The van der Waals surface area contributed by atoms with Gasteiger partial charge in [-0.05, 0) is 43.5 Å². The minimum Gasteiger partial charge on any atom is -0.310 e. The smallest absolute Gasteiger partial charge is 0.245 e. The fraction of sp³-hybridized carbons (Fsp3) is 0.417. The third kappa shape index (κ3) is 1.33. The number of aryl methyl sites for hydroxylation is 2. The van der Waals surface area contributed by atoms with Gasteiger partial charge in [-0.2, -0.15) is 0 Å². The van der Waals surface area contributed by atoms with E-state index >= 15 is 0 Å². The van der Waals surface area contributed by atoms with Gasteiger partial charge in [0.2, 0.25) is 10.7 Å². The number of nitrogens with one attached hydrogen (secondary N) is 1. The van der Waals surface area contributed by atoms with Gasteiger partial charge in [0, 0.05) is 4.88 Å². The lowest BCUT2D eigenvalue weighted by Gasteiger charge is -2.11. The molecular formula is C12H11N3OS2. The number of rotatable bonds is 0. The molecule has 0 spiro atoms. The topological polar surface area (TPSA) is 46.9 Å². The maximum absolute atomic E-state index is 11.6. The Hall–Kier alpha value is -1.27. The highest BCUT2D eigenvalue weighted by Gasteiger charge is 2.26. The minimum atomic E-state index is 0.00570. The normalized spacial score (nSPS) is 17.7. The summed E-state index contributed by atoms with van der Waals surface area (Å²) < 4.78 is 2.33. The zero-order valence-electron chi connectivity index (χ0n) is 9.65. The van der Waals surface area contributed by atoms with Crippen molar-refractivity contribution in [2.24, 2.45) is 0 Å². The predicted molar refractivity (Wildman–Crippen MR) is 73.7 cm³/mol. The summed E-state index contributed by atoms with van der Waals surface area (Å²) in [6.07, 6.45) is 4.71. The quantitative estimate of drug-likeness (QED) is 0.753. The van der Waals surface area contributed by atoms with E-state index in [1.165, 1.54) is 23.3 Å². The van der Waals surface area contributed by atoms with Crippen molar-refractivity contribution in [1.29, 1.82) is 0 Å². The van der Waals surface area contributed by atoms with Crippen molar-refractivity contribution in [3.63, 3.8) is 0 Å². The van der Waals surface area contributed by atoms with Crippen molar-refractivity contribution < 1.29 is 4.79 Å². The molecule has 0 radical (unpaired) electrons. The number of carbonyl (C=O) groups excluding carboxylic acids is 1. The molecule has 1 aliphatic carbocycles. The van der Waals surface area contributed by atoms with E-state index in [0.717, 1.165) is 28.9 Å². The molecule has 2 aromatic heterocycles. The van der Waals surface area contributed by atoms with E-state index in [9.17, 15) is 4.79 Å². The Morgan fingerprint density at radius 2 is 2.17 bits per heavy atom.